The second kappa shape index (κ2) is 8.00. The maximum absolute atomic E-state index is 12.1. The molecule has 0 radical (unpaired) electrons. The van der Waals surface area contributed by atoms with Crippen molar-refractivity contribution in [2.24, 2.45) is 0 Å². The summed E-state index contributed by atoms with van der Waals surface area (Å²) in [4.78, 5) is 14.2. The molecule has 0 spiro atoms. The molecule has 116 valence electrons. The normalized spacial score (nSPS) is 19.4. The van der Waals surface area contributed by atoms with E-state index in [0.717, 1.165) is 44.6 Å². The number of hydrogen-bond donors (Lipinski definition) is 2. The summed E-state index contributed by atoms with van der Waals surface area (Å²) in [6.07, 6.45) is 3.48. The molecule has 0 aliphatic carbocycles. The number of carbonyl (C=O) groups is 1. The van der Waals surface area contributed by atoms with Crippen LogP contribution in [0.25, 0.3) is 0 Å². The Hall–Kier alpha value is -1.59. The first-order chi connectivity index (χ1) is 10.2. The van der Waals surface area contributed by atoms with Crippen molar-refractivity contribution < 1.29 is 9.53 Å². The van der Waals surface area contributed by atoms with Gasteiger partial charge in [0.15, 0.2) is 0 Å². The van der Waals surface area contributed by atoms with Crippen LogP contribution in [-0.2, 0) is 9.53 Å². The van der Waals surface area contributed by atoms with Gasteiger partial charge >= 0.3 is 0 Å². The number of nitrogens with one attached hydrogen (secondary N) is 1. The maximum Gasteiger partial charge on any atom is 0.238 e. The number of likely N-dealkylation sites (tertiary alicyclic amines) is 1. The molecule has 1 atom stereocenters. The maximum atomic E-state index is 12.1. The van der Waals surface area contributed by atoms with E-state index < -0.39 is 0 Å². The van der Waals surface area contributed by atoms with Crippen molar-refractivity contribution in [3.8, 4) is 0 Å². The number of carbonyl (C=O) groups excluding carboxylic acids is 1. The SMILES string of the molecule is CCCOC1CCCN(CC(=O)Nc2ccc(N)cc2)C1. The highest BCUT2D eigenvalue weighted by molar-refractivity contribution is 5.92. The van der Waals surface area contributed by atoms with Crippen LogP contribution in [0.2, 0.25) is 0 Å². The number of hydrogen-bond acceptors (Lipinski definition) is 4. The number of nitrogen functional groups attached to an aromatic ring is 1. The number of piperidine rings is 1. The summed E-state index contributed by atoms with van der Waals surface area (Å²) < 4.78 is 5.79. The Labute approximate surface area is 126 Å². The predicted molar refractivity (Wildman–Crippen MR) is 85.2 cm³/mol. The number of benzene rings is 1. The van der Waals surface area contributed by atoms with Crippen molar-refractivity contribution in [1.29, 1.82) is 0 Å². The van der Waals surface area contributed by atoms with E-state index in [0.29, 0.717) is 12.2 Å². The van der Waals surface area contributed by atoms with Gasteiger partial charge in [0.1, 0.15) is 0 Å². The Bertz CT molecular complexity index is 447. The Balaban J connectivity index is 1.77. The van der Waals surface area contributed by atoms with E-state index in [-0.39, 0.29) is 12.0 Å². The van der Waals surface area contributed by atoms with Gasteiger partial charge in [-0.2, -0.15) is 0 Å². The van der Waals surface area contributed by atoms with E-state index in [1.54, 1.807) is 12.1 Å². The van der Waals surface area contributed by atoms with Gasteiger partial charge in [-0.3, -0.25) is 9.69 Å². The van der Waals surface area contributed by atoms with Gasteiger partial charge in [-0.15, -0.1) is 0 Å². The van der Waals surface area contributed by atoms with E-state index >= 15 is 0 Å². The molecule has 1 saturated heterocycles. The number of ether oxygens (including phenoxy) is 1. The molecule has 1 fully saturated rings. The van der Waals surface area contributed by atoms with Gasteiger partial charge in [-0.05, 0) is 50.1 Å². The molecule has 21 heavy (non-hydrogen) atoms. The van der Waals surface area contributed by atoms with Crippen LogP contribution in [-0.4, -0.2) is 43.2 Å². The summed E-state index contributed by atoms with van der Waals surface area (Å²) in [6, 6.07) is 7.20. The van der Waals surface area contributed by atoms with Gasteiger partial charge in [0.2, 0.25) is 5.91 Å². The number of amides is 1. The summed E-state index contributed by atoms with van der Waals surface area (Å²) in [5, 5.41) is 2.90. The molecule has 0 saturated carbocycles. The third-order valence-corrected chi connectivity index (χ3v) is 3.58. The highest BCUT2D eigenvalue weighted by atomic mass is 16.5. The summed E-state index contributed by atoms with van der Waals surface area (Å²) in [5.74, 6) is 0.0101. The molecule has 1 aromatic carbocycles. The highest BCUT2D eigenvalue weighted by Crippen LogP contribution is 2.14. The fraction of sp³-hybridized carbons (Fsp3) is 0.562. The van der Waals surface area contributed by atoms with E-state index in [4.69, 9.17) is 10.5 Å². The van der Waals surface area contributed by atoms with Crippen molar-refractivity contribution in [2.75, 3.05) is 37.3 Å². The van der Waals surface area contributed by atoms with Gasteiger partial charge < -0.3 is 15.8 Å². The largest absolute Gasteiger partial charge is 0.399 e. The molecular formula is C16H25N3O2. The van der Waals surface area contributed by atoms with Crippen molar-refractivity contribution in [3.63, 3.8) is 0 Å². The fourth-order valence-corrected chi connectivity index (χ4v) is 2.55. The van der Waals surface area contributed by atoms with E-state index in [2.05, 4.69) is 17.1 Å². The lowest BCUT2D eigenvalue weighted by Crippen LogP contribution is -2.43. The van der Waals surface area contributed by atoms with E-state index in [1.165, 1.54) is 0 Å². The van der Waals surface area contributed by atoms with E-state index in [1.807, 2.05) is 12.1 Å². The Morgan fingerprint density at radius 2 is 2.19 bits per heavy atom. The van der Waals surface area contributed by atoms with Crippen LogP contribution in [0.4, 0.5) is 11.4 Å². The average molecular weight is 291 g/mol. The third kappa shape index (κ3) is 5.36. The molecule has 1 unspecified atom stereocenters. The molecule has 1 aliphatic rings. The highest BCUT2D eigenvalue weighted by Gasteiger charge is 2.21. The smallest absolute Gasteiger partial charge is 0.238 e. The quantitative estimate of drug-likeness (QED) is 0.788. The first-order valence-electron chi connectivity index (χ1n) is 7.66. The lowest BCUT2D eigenvalue weighted by atomic mass is 10.1. The summed E-state index contributed by atoms with van der Waals surface area (Å²) >= 11 is 0. The lowest BCUT2D eigenvalue weighted by Gasteiger charge is -2.32. The molecule has 3 N–H and O–H groups in total. The molecule has 2 rings (SSSR count). The summed E-state index contributed by atoms with van der Waals surface area (Å²) in [5.41, 5.74) is 7.10. The third-order valence-electron chi connectivity index (χ3n) is 3.58. The summed E-state index contributed by atoms with van der Waals surface area (Å²) in [6.45, 7) is 5.13. The molecule has 5 nitrogen and oxygen atoms in total. The van der Waals surface area contributed by atoms with Gasteiger partial charge in [-0.25, -0.2) is 0 Å². The first kappa shape index (κ1) is 15.8. The number of nitrogens with two attached hydrogens (primary N) is 1. The van der Waals surface area contributed by atoms with Crippen LogP contribution in [0.15, 0.2) is 24.3 Å². The number of anilines is 2. The zero-order valence-electron chi connectivity index (χ0n) is 12.7. The van der Waals surface area contributed by atoms with Crippen LogP contribution in [0, 0.1) is 0 Å². The predicted octanol–water partition coefficient (Wildman–Crippen LogP) is 2.10. The molecule has 5 heteroatoms. The topological polar surface area (TPSA) is 67.6 Å². The average Bonchev–Trinajstić information content (AvgIpc) is 2.48. The van der Waals surface area contributed by atoms with Crippen molar-refractivity contribution in [1.82, 2.24) is 4.90 Å². The van der Waals surface area contributed by atoms with Gasteiger partial charge in [-0.1, -0.05) is 6.92 Å². The minimum Gasteiger partial charge on any atom is -0.399 e. The van der Waals surface area contributed by atoms with Gasteiger partial charge in [0.05, 0.1) is 12.6 Å². The molecule has 1 heterocycles. The molecule has 0 bridgehead atoms. The van der Waals surface area contributed by atoms with Crippen LogP contribution >= 0.6 is 0 Å². The zero-order chi connectivity index (χ0) is 15.1. The monoisotopic (exact) mass is 291 g/mol. The summed E-state index contributed by atoms with van der Waals surface area (Å²) in [7, 11) is 0. The first-order valence-corrected chi connectivity index (χ1v) is 7.66. The molecule has 0 aromatic heterocycles. The van der Waals surface area contributed by atoms with Crippen LogP contribution in [0.5, 0.6) is 0 Å². The van der Waals surface area contributed by atoms with Gasteiger partial charge in [0, 0.05) is 24.5 Å². The molecule has 1 aliphatic heterocycles. The van der Waals surface area contributed by atoms with Crippen LogP contribution < -0.4 is 11.1 Å². The fourth-order valence-electron chi connectivity index (χ4n) is 2.55. The zero-order valence-corrected chi connectivity index (χ0v) is 12.7. The minimum absolute atomic E-state index is 0.0101. The van der Waals surface area contributed by atoms with Crippen LogP contribution in [0.1, 0.15) is 26.2 Å². The molecule has 1 amide bonds. The second-order valence-corrected chi connectivity index (χ2v) is 5.54. The Morgan fingerprint density at radius 3 is 2.90 bits per heavy atom. The Morgan fingerprint density at radius 1 is 1.43 bits per heavy atom. The second-order valence-electron chi connectivity index (χ2n) is 5.54. The molecule has 1 aromatic rings. The van der Waals surface area contributed by atoms with Crippen molar-refractivity contribution in [3.05, 3.63) is 24.3 Å². The molecular weight excluding hydrogens is 266 g/mol. The number of rotatable bonds is 6. The van der Waals surface area contributed by atoms with Crippen molar-refractivity contribution >= 4 is 17.3 Å². The minimum atomic E-state index is 0.0101. The van der Waals surface area contributed by atoms with E-state index in [9.17, 15) is 4.79 Å². The lowest BCUT2D eigenvalue weighted by molar-refractivity contribution is -0.118. The van der Waals surface area contributed by atoms with Gasteiger partial charge in [0.25, 0.3) is 0 Å². The Kier molecular flexibility index (Phi) is 6.02. The van der Waals surface area contributed by atoms with Crippen molar-refractivity contribution in [2.45, 2.75) is 32.3 Å². The number of nitrogens with zero attached hydrogens (tertiary/aromatic N) is 1. The van der Waals surface area contributed by atoms with Crippen LogP contribution in [0.3, 0.4) is 0 Å². The standard InChI is InChI=1S/C16H25N3O2/c1-2-10-21-15-4-3-9-19(11-15)12-16(20)18-14-7-5-13(17)6-8-14/h5-8,15H,2-4,9-12,17H2,1H3,(H,18,20).